The highest BCUT2D eigenvalue weighted by atomic mass is 16.6. The van der Waals surface area contributed by atoms with Gasteiger partial charge in [-0.1, -0.05) is 73.1 Å². The summed E-state index contributed by atoms with van der Waals surface area (Å²) in [6.45, 7) is 4.73. The number of fused-ring (bicyclic) bond motifs is 1. The second-order valence-corrected chi connectivity index (χ2v) is 7.77. The van der Waals surface area contributed by atoms with Crippen molar-refractivity contribution in [1.82, 2.24) is 9.97 Å². The zero-order chi connectivity index (χ0) is 20.9. The molecule has 1 unspecified atom stereocenters. The van der Waals surface area contributed by atoms with Crippen LogP contribution in [0.1, 0.15) is 54.6 Å². The van der Waals surface area contributed by atoms with Crippen LogP contribution < -0.4 is 5.73 Å². The van der Waals surface area contributed by atoms with Gasteiger partial charge >= 0.3 is 0 Å². The van der Waals surface area contributed by atoms with Crippen LogP contribution in [0.3, 0.4) is 0 Å². The fourth-order valence-corrected chi connectivity index (χ4v) is 4.19. The van der Waals surface area contributed by atoms with Crippen LogP contribution in [0.15, 0.2) is 59.8 Å². The van der Waals surface area contributed by atoms with Crippen molar-refractivity contribution in [2.75, 3.05) is 12.3 Å². The van der Waals surface area contributed by atoms with E-state index in [1.54, 1.807) is 0 Å². The van der Waals surface area contributed by atoms with E-state index in [0.29, 0.717) is 12.6 Å². The highest BCUT2D eigenvalue weighted by Crippen LogP contribution is 2.38. The average Bonchev–Trinajstić information content (AvgIpc) is 2.76. The summed E-state index contributed by atoms with van der Waals surface area (Å²) in [5.41, 5.74) is 13.5. The van der Waals surface area contributed by atoms with Crippen LogP contribution in [0, 0.1) is 6.92 Å². The molecule has 30 heavy (non-hydrogen) atoms. The number of rotatable bonds is 6. The fraction of sp³-hybridized carbons (Fsp3) is 0.320. The summed E-state index contributed by atoms with van der Waals surface area (Å²) in [6, 6.07) is 19.1. The highest BCUT2D eigenvalue weighted by Gasteiger charge is 2.30. The molecule has 0 fully saturated rings. The first-order chi connectivity index (χ1) is 14.7. The maximum atomic E-state index is 5.98. The largest absolute Gasteiger partial charge is 0.396 e. The SMILES string of the molecule is CCCCON=C1CC(c2ccccc2-c2ccccc2)Cc2nc(N)nc(C)c21. The van der Waals surface area contributed by atoms with Crippen LogP contribution in [-0.4, -0.2) is 22.3 Å². The molecule has 1 aliphatic rings. The Morgan fingerprint density at radius 2 is 1.80 bits per heavy atom. The Morgan fingerprint density at radius 3 is 2.60 bits per heavy atom. The van der Waals surface area contributed by atoms with E-state index in [0.717, 1.165) is 48.3 Å². The number of oxime groups is 1. The molecule has 0 saturated carbocycles. The van der Waals surface area contributed by atoms with Crippen LogP contribution in [0.2, 0.25) is 0 Å². The lowest BCUT2D eigenvalue weighted by Crippen LogP contribution is -2.24. The van der Waals surface area contributed by atoms with Crippen molar-refractivity contribution in [3.63, 3.8) is 0 Å². The quantitative estimate of drug-likeness (QED) is 0.451. The third-order valence-electron chi connectivity index (χ3n) is 5.60. The lowest BCUT2D eigenvalue weighted by Gasteiger charge is -2.28. The molecule has 4 rings (SSSR count). The number of benzene rings is 2. The first-order valence-electron chi connectivity index (χ1n) is 10.6. The van der Waals surface area contributed by atoms with Gasteiger partial charge in [-0.15, -0.1) is 0 Å². The van der Waals surface area contributed by atoms with Crippen molar-refractivity contribution in [2.45, 2.75) is 45.4 Å². The monoisotopic (exact) mass is 400 g/mol. The van der Waals surface area contributed by atoms with Crippen molar-refractivity contribution in [1.29, 1.82) is 0 Å². The molecule has 0 bridgehead atoms. The number of nitrogens with two attached hydrogens (primary N) is 1. The number of aromatic nitrogens is 2. The zero-order valence-corrected chi connectivity index (χ0v) is 17.6. The lowest BCUT2D eigenvalue weighted by atomic mass is 9.78. The minimum Gasteiger partial charge on any atom is -0.396 e. The summed E-state index contributed by atoms with van der Waals surface area (Å²) in [5.74, 6) is 0.561. The van der Waals surface area contributed by atoms with E-state index >= 15 is 0 Å². The summed E-state index contributed by atoms with van der Waals surface area (Å²) in [6.07, 6.45) is 3.66. The summed E-state index contributed by atoms with van der Waals surface area (Å²) < 4.78 is 0. The van der Waals surface area contributed by atoms with Gasteiger partial charge in [0, 0.05) is 12.0 Å². The maximum Gasteiger partial charge on any atom is 0.220 e. The summed E-state index contributed by atoms with van der Waals surface area (Å²) >= 11 is 0. The van der Waals surface area contributed by atoms with Crippen LogP contribution in [0.25, 0.3) is 11.1 Å². The number of hydrogen-bond donors (Lipinski definition) is 1. The molecule has 2 aromatic carbocycles. The van der Waals surface area contributed by atoms with Crippen LogP contribution >= 0.6 is 0 Å². The van der Waals surface area contributed by atoms with E-state index in [2.05, 4.69) is 70.6 Å². The topological polar surface area (TPSA) is 73.4 Å². The molecule has 0 saturated heterocycles. The minimum absolute atomic E-state index is 0.246. The van der Waals surface area contributed by atoms with Gasteiger partial charge in [-0.2, -0.15) is 0 Å². The van der Waals surface area contributed by atoms with Gasteiger partial charge in [-0.05, 0) is 42.4 Å². The third kappa shape index (κ3) is 4.20. The Morgan fingerprint density at radius 1 is 1.03 bits per heavy atom. The molecule has 0 amide bonds. The number of hydrogen-bond acceptors (Lipinski definition) is 5. The van der Waals surface area contributed by atoms with Gasteiger partial charge in [-0.3, -0.25) is 0 Å². The molecule has 1 heterocycles. The number of unbranched alkanes of at least 4 members (excludes halogenated alkanes) is 1. The molecule has 2 N–H and O–H groups in total. The molecule has 5 heteroatoms. The van der Waals surface area contributed by atoms with Crippen molar-refractivity contribution in [2.24, 2.45) is 5.16 Å². The summed E-state index contributed by atoms with van der Waals surface area (Å²) in [7, 11) is 0. The summed E-state index contributed by atoms with van der Waals surface area (Å²) in [5, 5.41) is 4.53. The van der Waals surface area contributed by atoms with E-state index in [1.807, 2.05) is 13.0 Å². The van der Waals surface area contributed by atoms with Crippen LogP contribution in [-0.2, 0) is 11.3 Å². The molecule has 5 nitrogen and oxygen atoms in total. The average molecular weight is 401 g/mol. The van der Waals surface area contributed by atoms with E-state index in [1.165, 1.54) is 16.7 Å². The van der Waals surface area contributed by atoms with Crippen molar-refractivity contribution < 1.29 is 4.84 Å². The Hall–Kier alpha value is -3.21. The molecule has 3 aromatic rings. The third-order valence-corrected chi connectivity index (χ3v) is 5.60. The predicted molar refractivity (Wildman–Crippen MR) is 122 cm³/mol. The van der Waals surface area contributed by atoms with Gasteiger partial charge < -0.3 is 10.6 Å². The Kier molecular flexibility index (Phi) is 6.07. The Labute approximate surface area is 178 Å². The Balaban J connectivity index is 1.75. The zero-order valence-electron chi connectivity index (χ0n) is 17.6. The molecule has 1 aliphatic carbocycles. The van der Waals surface area contributed by atoms with Crippen LogP contribution in [0.4, 0.5) is 5.95 Å². The number of nitrogen functional groups attached to an aromatic ring is 1. The number of anilines is 1. The normalized spacial score (nSPS) is 17.0. The Bertz CT molecular complexity index is 1050. The molecule has 154 valence electrons. The van der Waals surface area contributed by atoms with Gasteiger partial charge in [0.1, 0.15) is 6.61 Å². The van der Waals surface area contributed by atoms with Crippen molar-refractivity contribution >= 4 is 11.7 Å². The van der Waals surface area contributed by atoms with Gasteiger partial charge in [-0.25, -0.2) is 9.97 Å². The fourth-order valence-electron chi connectivity index (χ4n) is 4.19. The first kappa shape index (κ1) is 20.1. The maximum absolute atomic E-state index is 5.98. The van der Waals surface area contributed by atoms with E-state index in [-0.39, 0.29) is 5.92 Å². The minimum atomic E-state index is 0.246. The van der Waals surface area contributed by atoms with Gasteiger partial charge in [0.15, 0.2) is 0 Å². The molecule has 0 spiro atoms. The second kappa shape index (κ2) is 9.08. The van der Waals surface area contributed by atoms with Crippen molar-refractivity contribution in [3.05, 3.63) is 77.1 Å². The van der Waals surface area contributed by atoms with Crippen LogP contribution in [0.5, 0.6) is 0 Å². The van der Waals surface area contributed by atoms with Gasteiger partial charge in [0.2, 0.25) is 5.95 Å². The highest BCUT2D eigenvalue weighted by molar-refractivity contribution is 6.03. The molecule has 0 radical (unpaired) electrons. The first-order valence-corrected chi connectivity index (χ1v) is 10.6. The molecule has 1 atom stereocenters. The number of aryl methyl sites for hydroxylation is 1. The summed E-state index contributed by atoms with van der Waals surface area (Å²) in [4.78, 5) is 14.6. The molecule has 1 aromatic heterocycles. The smallest absolute Gasteiger partial charge is 0.220 e. The van der Waals surface area contributed by atoms with Gasteiger partial charge in [0.05, 0.1) is 17.1 Å². The van der Waals surface area contributed by atoms with E-state index in [4.69, 9.17) is 10.6 Å². The van der Waals surface area contributed by atoms with Crippen molar-refractivity contribution in [3.8, 4) is 11.1 Å². The molecular formula is C25H28N4O. The lowest BCUT2D eigenvalue weighted by molar-refractivity contribution is 0.140. The number of nitrogens with zero attached hydrogens (tertiary/aromatic N) is 3. The van der Waals surface area contributed by atoms with E-state index < -0.39 is 0 Å². The molecular weight excluding hydrogens is 372 g/mol. The van der Waals surface area contributed by atoms with E-state index in [9.17, 15) is 0 Å². The predicted octanol–water partition coefficient (Wildman–Crippen LogP) is 5.29. The van der Waals surface area contributed by atoms with Gasteiger partial charge in [0.25, 0.3) is 0 Å². The molecule has 0 aliphatic heterocycles. The second-order valence-electron chi connectivity index (χ2n) is 7.77. The standard InChI is InChI=1S/C25H28N4O/c1-3-4-14-30-29-23-16-19(15-22-24(23)17(2)27-25(26)28-22)21-13-9-8-12-20(21)18-10-6-5-7-11-18/h5-13,19H,3-4,14-16H2,1-2H3,(H2,26,27,28).